The highest BCUT2D eigenvalue weighted by atomic mass is 15.1. The molecule has 4 nitrogen and oxygen atoms in total. The van der Waals surface area contributed by atoms with E-state index in [-0.39, 0.29) is 0 Å². The van der Waals surface area contributed by atoms with Crippen LogP contribution in [0.5, 0.6) is 0 Å². The highest BCUT2D eigenvalue weighted by molar-refractivity contribution is 5.35. The highest BCUT2D eigenvalue weighted by Crippen LogP contribution is 2.18. The molecule has 2 heterocycles. The van der Waals surface area contributed by atoms with E-state index in [1.807, 2.05) is 23.0 Å². The van der Waals surface area contributed by atoms with Gasteiger partial charge in [0, 0.05) is 30.2 Å². The summed E-state index contributed by atoms with van der Waals surface area (Å²) in [5.74, 6) is 0.945. The van der Waals surface area contributed by atoms with Crippen LogP contribution in [0.4, 0.5) is 0 Å². The standard InChI is InChI=1S/C13H18N4/c1-3-6-15-11(2)12-5-4-7-16-13(12)17-9-8-14-10-17/h4-5,7-11,15H,3,6H2,1-2H3. The van der Waals surface area contributed by atoms with Crippen LogP contribution >= 0.6 is 0 Å². The minimum absolute atomic E-state index is 0.293. The zero-order valence-corrected chi connectivity index (χ0v) is 10.3. The Hall–Kier alpha value is -1.68. The zero-order chi connectivity index (χ0) is 12.1. The van der Waals surface area contributed by atoms with Gasteiger partial charge in [0.2, 0.25) is 0 Å². The van der Waals surface area contributed by atoms with Gasteiger partial charge in [0.25, 0.3) is 0 Å². The van der Waals surface area contributed by atoms with E-state index in [4.69, 9.17) is 0 Å². The van der Waals surface area contributed by atoms with E-state index >= 15 is 0 Å². The van der Waals surface area contributed by atoms with Gasteiger partial charge in [-0.05, 0) is 26.0 Å². The smallest absolute Gasteiger partial charge is 0.142 e. The summed E-state index contributed by atoms with van der Waals surface area (Å²) in [5.41, 5.74) is 1.19. The van der Waals surface area contributed by atoms with Crippen LogP contribution < -0.4 is 5.32 Å². The van der Waals surface area contributed by atoms with Crippen molar-refractivity contribution in [2.24, 2.45) is 0 Å². The van der Waals surface area contributed by atoms with Gasteiger partial charge < -0.3 is 5.32 Å². The lowest BCUT2D eigenvalue weighted by atomic mass is 10.1. The van der Waals surface area contributed by atoms with Crippen molar-refractivity contribution in [2.45, 2.75) is 26.3 Å². The number of aromatic nitrogens is 3. The summed E-state index contributed by atoms with van der Waals surface area (Å²) in [6.45, 7) is 5.34. The van der Waals surface area contributed by atoms with Crippen molar-refractivity contribution in [3.05, 3.63) is 42.6 Å². The first-order chi connectivity index (χ1) is 8.33. The molecule has 0 aliphatic heterocycles. The minimum Gasteiger partial charge on any atom is -0.310 e. The summed E-state index contributed by atoms with van der Waals surface area (Å²) in [5, 5.41) is 3.48. The van der Waals surface area contributed by atoms with Crippen molar-refractivity contribution in [1.29, 1.82) is 0 Å². The van der Waals surface area contributed by atoms with Crippen molar-refractivity contribution in [1.82, 2.24) is 19.9 Å². The molecule has 0 bridgehead atoms. The lowest BCUT2D eigenvalue weighted by Crippen LogP contribution is -2.21. The SMILES string of the molecule is CCCNC(C)c1cccnc1-n1ccnc1. The van der Waals surface area contributed by atoms with Crippen LogP contribution in [0.1, 0.15) is 31.9 Å². The van der Waals surface area contributed by atoms with Crippen LogP contribution in [-0.2, 0) is 0 Å². The fourth-order valence-electron chi connectivity index (χ4n) is 1.82. The second-order valence-electron chi connectivity index (χ2n) is 4.06. The Bertz CT molecular complexity index is 450. The number of hydrogen-bond acceptors (Lipinski definition) is 3. The van der Waals surface area contributed by atoms with Crippen LogP contribution in [-0.4, -0.2) is 21.1 Å². The molecule has 1 unspecified atom stereocenters. The maximum atomic E-state index is 4.43. The molecule has 1 atom stereocenters. The van der Waals surface area contributed by atoms with Gasteiger partial charge >= 0.3 is 0 Å². The first-order valence-corrected chi connectivity index (χ1v) is 5.99. The van der Waals surface area contributed by atoms with E-state index in [0.717, 1.165) is 18.8 Å². The van der Waals surface area contributed by atoms with Crippen molar-refractivity contribution in [3.63, 3.8) is 0 Å². The molecule has 4 heteroatoms. The molecule has 0 amide bonds. The molecule has 0 aromatic carbocycles. The molecule has 0 saturated carbocycles. The molecule has 0 fully saturated rings. The topological polar surface area (TPSA) is 42.7 Å². The van der Waals surface area contributed by atoms with Gasteiger partial charge in [-0.2, -0.15) is 0 Å². The van der Waals surface area contributed by atoms with E-state index in [0.29, 0.717) is 6.04 Å². The van der Waals surface area contributed by atoms with Crippen LogP contribution in [0.15, 0.2) is 37.1 Å². The number of rotatable bonds is 5. The van der Waals surface area contributed by atoms with Crippen molar-refractivity contribution in [2.75, 3.05) is 6.54 Å². The fourth-order valence-corrected chi connectivity index (χ4v) is 1.82. The van der Waals surface area contributed by atoms with Gasteiger partial charge in [-0.15, -0.1) is 0 Å². The van der Waals surface area contributed by atoms with Gasteiger partial charge in [0.15, 0.2) is 0 Å². The van der Waals surface area contributed by atoms with Gasteiger partial charge in [0.1, 0.15) is 12.1 Å². The van der Waals surface area contributed by atoms with Crippen LogP contribution in [0.3, 0.4) is 0 Å². The molecular formula is C13H18N4. The molecular weight excluding hydrogens is 212 g/mol. The lowest BCUT2D eigenvalue weighted by molar-refractivity contribution is 0.566. The quantitative estimate of drug-likeness (QED) is 0.857. The van der Waals surface area contributed by atoms with E-state index in [2.05, 4.69) is 35.2 Å². The van der Waals surface area contributed by atoms with Crippen molar-refractivity contribution < 1.29 is 0 Å². The molecule has 2 aromatic rings. The van der Waals surface area contributed by atoms with Crippen LogP contribution in [0, 0.1) is 0 Å². The van der Waals surface area contributed by atoms with Gasteiger partial charge in [0.05, 0.1) is 0 Å². The average molecular weight is 230 g/mol. The third-order valence-electron chi connectivity index (χ3n) is 2.73. The van der Waals surface area contributed by atoms with Crippen LogP contribution in [0.25, 0.3) is 5.82 Å². The van der Waals surface area contributed by atoms with Crippen LogP contribution in [0.2, 0.25) is 0 Å². The van der Waals surface area contributed by atoms with Crippen molar-refractivity contribution in [3.8, 4) is 5.82 Å². The Morgan fingerprint density at radius 2 is 2.29 bits per heavy atom. The Kier molecular flexibility index (Phi) is 3.88. The number of imidazole rings is 1. The van der Waals surface area contributed by atoms with Crippen molar-refractivity contribution >= 4 is 0 Å². The predicted octanol–water partition coefficient (Wildman–Crippen LogP) is 2.33. The Labute approximate surface area is 102 Å². The first kappa shape index (κ1) is 11.8. The Morgan fingerprint density at radius 3 is 3.00 bits per heavy atom. The summed E-state index contributed by atoms with van der Waals surface area (Å²) >= 11 is 0. The monoisotopic (exact) mass is 230 g/mol. The number of pyridine rings is 1. The third-order valence-corrected chi connectivity index (χ3v) is 2.73. The molecule has 0 aliphatic rings. The Balaban J connectivity index is 2.28. The molecule has 0 aliphatic carbocycles. The van der Waals surface area contributed by atoms with E-state index in [1.165, 1.54) is 5.56 Å². The molecule has 0 saturated heterocycles. The van der Waals surface area contributed by atoms with Gasteiger partial charge in [-0.1, -0.05) is 13.0 Å². The third kappa shape index (κ3) is 2.71. The summed E-state index contributed by atoms with van der Waals surface area (Å²) in [6, 6.07) is 4.37. The van der Waals surface area contributed by atoms with Gasteiger partial charge in [-0.25, -0.2) is 9.97 Å². The molecule has 0 radical (unpaired) electrons. The predicted molar refractivity (Wildman–Crippen MR) is 68.1 cm³/mol. The maximum Gasteiger partial charge on any atom is 0.142 e. The summed E-state index contributed by atoms with van der Waals surface area (Å²) in [7, 11) is 0. The largest absolute Gasteiger partial charge is 0.310 e. The Morgan fingerprint density at radius 1 is 1.41 bits per heavy atom. The van der Waals surface area contributed by atoms with Gasteiger partial charge in [-0.3, -0.25) is 4.57 Å². The molecule has 1 N–H and O–H groups in total. The number of hydrogen-bond donors (Lipinski definition) is 1. The zero-order valence-electron chi connectivity index (χ0n) is 10.3. The second-order valence-corrected chi connectivity index (χ2v) is 4.06. The number of nitrogens with one attached hydrogen (secondary N) is 1. The number of nitrogens with zero attached hydrogens (tertiary/aromatic N) is 3. The minimum atomic E-state index is 0.293. The van der Waals surface area contributed by atoms with E-state index in [9.17, 15) is 0 Å². The summed E-state index contributed by atoms with van der Waals surface area (Å²) < 4.78 is 1.94. The molecule has 0 spiro atoms. The highest BCUT2D eigenvalue weighted by Gasteiger charge is 2.11. The average Bonchev–Trinajstić information content (AvgIpc) is 2.89. The molecule has 17 heavy (non-hydrogen) atoms. The molecule has 2 aromatic heterocycles. The first-order valence-electron chi connectivity index (χ1n) is 5.99. The van der Waals surface area contributed by atoms with E-state index in [1.54, 1.807) is 12.5 Å². The second kappa shape index (κ2) is 5.59. The fraction of sp³-hybridized carbons (Fsp3) is 0.385. The summed E-state index contributed by atoms with van der Waals surface area (Å²) in [4.78, 5) is 8.50. The molecule has 2 rings (SSSR count). The normalized spacial score (nSPS) is 12.6. The lowest BCUT2D eigenvalue weighted by Gasteiger charge is -2.16. The van der Waals surface area contributed by atoms with E-state index < -0.39 is 0 Å². The summed E-state index contributed by atoms with van der Waals surface area (Å²) in [6.07, 6.45) is 8.40. The maximum absolute atomic E-state index is 4.43. The molecule has 90 valence electrons.